The molecule has 0 N–H and O–H groups in total. The van der Waals surface area contributed by atoms with E-state index in [9.17, 15) is 4.11 Å². The average Bonchev–Trinajstić information content (AvgIpc) is 1.17. The van der Waals surface area contributed by atoms with Gasteiger partial charge in [-0.05, 0) is 206 Å². The summed E-state index contributed by atoms with van der Waals surface area (Å²) in [5.41, 5.74) is 25.4. The Morgan fingerprint density at radius 2 is 0.881 bits per heavy atom. The number of thiophene rings is 1. The van der Waals surface area contributed by atoms with E-state index in [1.54, 1.807) is 0 Å². The van der Waals surface area contributed by atoms with Gasteiger partial charge < -0.3 is 14.4 Å². The molecule has 0 saturated carbocycles. The number of hydrogen-bond donors (Lipinski definition) is 0. The Morgan fingerprint density at radius 1 is 0.376 bits per heavy atom. The number of fused-ring (bicyclic) bond motifs is 11. The third-order valence-corrected chi connectivity index (χ3v) is 25.9. The van der Waals surface area contributed by atoms with Gasteiger partial charge in [0, 0.05) is 76.0 Å². The fourth-order valence-electron chi connectivity index (χ4n) is 18.7. The molecule has 3 nitrogen and oxygen atoms in total. The van der Waals surface area contributed by atoms with Crippen molar-refractivity contribution in [3.05, 3.63) is 313 Å². The van der Waals surface area contributed by atoms with Crippen LogP contribution in [0.2, 0.25) is 0 Å². The van der Waals surface area contributed by atoms with E-state index in [2.05, 4.69) is 371 Å². The zero-order valence-corrected chi connectivity index (χ0v) is 65.5. The lowest BCUT2D eigenvalue weighted by Crippen LogP contribution is -2.60. The van der Waals surface area contributed by atoms with Gasteiger partial charge in [-0.1, -0.05) is 308 Å². The molecule has 0 bridgehead atoms. The molecule has 4 heterocycles. The zero-order valence-electron chi connectivity index (χ0n) is 67.6. The summed E-state index contributed by atoms with van der Waals surface area (Å²) < 4.78 is 39.7. The third-order valence-electron chi connectivity index (χ3n) is 24.7. The molecule has 0 fully saturated rings. The van der Waals surface area contributed by atoms with E-state index in [0.29, 0.717) is 16.8 Å². The number of hydrogen-bond acceptors (Lipinski definition) is 3. The summed E-state index contributed by atoms with van der Waals surface area (Å²) in [6.07, 6.45) is 2.15. The number of benzene rings is 15. The lowest BCUT2D eigenvalue weighted by molar-refractivity contribution is 0.332. The Labute approximate surface area is 650 Å². The SMILES string of the molecule is [2H]c1c([2H])c(-n2c3ccccc3c3cc4ccc5cccc6ccc(c4c56)c32)c([2H])c2c1B1c3sc4cc(C(C)(C)C)ccc4c3N(c3c(-c4ccccc4)cc(C(C)(C)C)cc3-c3ccccc3)c3cc(-c4ccc5c(c4)C(C)(C)CCC5(C)C)cc(c31)N2c1c(-c2ccccc2)cc(C(C)(C)C)cc1-c1ccccc1. The van der Waals surface area contributed by atoms with Gasteiger partial charge in [-0.15, -0.1) is 11.3 Å². The normalized spacial score (nSPS) is 15.1. The molecular weight excluding hydrogens is 1330 g/mol. The van der Waals surface area contributed by atoms with Gasteiger partial charge in [0.05, 0.1) is 32.2 Å². The number of aromatic nitrogens is 1. The van der Waals surface area contributed by atoms with Crippen molar-refractivity contribution in [1.82, 2.24) is 4.57 Å². The smallest absolute Gasteiger partial charge is 0.264 e. The maximum Gasteiger partial charge on any atom is 0.264 e. The summed E-state index contributed by atoms with van der Waals surface area (Å²) in [7, 11) is 0. The first-order chi connectivity index (χ1) is 53.7. The van der Waals surface area contributed by atoms with Gasteiger partial charge in [0.1, 0.15) is 0 Å². The standard InChI is InChI=1S/C104H90BN3S/c1-100(2,3)72-45-48-77-91(61-72)109-99-98(77)108(97-81(65-33-22-16-23-34-65)59-74(102(7,8)9)60-82(97)66-35-24-17-25-36-66)90-56-71(69-44-49-84-85(54-69)104(12,13)52-51-103(84,10)11)55-89-94(90)105(99)86-50-46-75(106-87-40-27-26-39-76(87)83-53-70-42-41-67-37-28-38-68-43-47-78(95(83)106)93(70)92(67)68)62-88(86)107(89)96-79(63-29-18-14-19-30-63)57-73(101(4,5)6)58-80(96)64-31-20-15-21-32-64/h14-50,53-62H,51-52H2,1-13H3/i46D,50D,62D. The van der Waals surface area contributed by atoms with Crippen molar-refractivity contribution in [2.45, 2.75) is 130 Å². The molecule has 0 atom stereocenters. The largest absolute Gasteiger partial charge is 0.310 e. The van der Waals surface area contributed by atoms with Gasteiger partial charge >= 0.3 is 0 Å². The Bertz CT molecular complexity index is 6650. The van der Waals surface area contributed by atoms with E-state index < -0.39 is 6.71 Å². The Balaban J connectivity index is 1.03. The Kier molecular flexibility index (Phi) is 14.1. The maximum absolute atomic E-state index is 12.2. The number of nitrogens with zero attached hydrogens (tertiary/aromatic N) is 3. The highest BCUT2D eigenvalue weighted by molar-refractivity contribution is 7.33. The zero-order chi connectivity index (χ0) is 77.1. The van der Waals surface area contributed by atoms with Crippen molar-refractivity contribution >= 4 is 132 Å². The van der Waals surface area contributed by atoms with Gasteiger partial charge in [0.2, 0.25) is 0 Å². The van der Waals surface area contributed by atoms with Crippen molar-refractivity contribution in [3.63, 3.8) is 0 Å². The fraction of sp³-hybridized carbons (Fsp3) is 0.192. The van der Waals surface area contributed by atoms with Crippen molar-refractivity contribution in [2.75, 3.05) is 9.80 Å². The number of para-hydroxylation sites is 1. The van der Waals surface area contributed by atoms with Crippen LogP contribution in [0.4, 0.5) is 34.1 Å². The molecule has 3 aliphatic rings. The fourth-order valence-corrected chi connectivity index (χ4v) is 20.0. The summed E-state index contributed by atoms with van der Waals surface area (Å²) in [6, 6.07) is 100.0. The minimum absolute atomic E-state index is 0.00326. The van der Waals surface area contributed by atoms with Crippen LogP contribution >= 0.6 is 11.3 Å². The third kappa shape index (κ3) is 10.5. The first-order valence-corrected chi connectivity index (χ1v) is 39.9. The lowest BCUT2D eigenvalue weighted by atomic mass is 9.36. The van der Waals surface area contributed by atoms with Crippen molar-refractivity contribution < 1.29 is 4.11 Å². The van der Waals surface area contributed by atoms with E-state index in [4.69, 9.17) is 0 Å². The van der Waals surface area contributed by atoms with Gasteiger partial charge in [0.15, 0.2) is 0 Å². The van der Waals surface area contributed by atoms with E-state index in [1.807, 2.05) is 11.3 Å². The van der Waals surface area contributed by atoms with Gasteiger partial charge in [0.25, 0.3) is 6.71 Å². The van der Waals surface area contributed by atoms with Gasteiger partial charge in [-0.3, -0.25) is 0 Å². The highest BCUT2D eigenvalue weighted by Crippen LogP contribution is 2.58. The van der Waals surface area contributed by atoms with Crippen LogP contribution in [0.15, 0.2) is 285 Å². The second-order valence-electron chi connectivity index (χ2n) is 35.6. The van der Waals surface area contributed by atoms with Crippen LogP contribution in [0, 0.1) is 0 Å². The average molecular weight is 1430 g/mol. The molecule has 0 amide bonds. The van der Waals surface area contributed by atoms with Gasteiger partial charge in [-0.25, -0.2) is 0 Å². The molecule has 2 aromatic heterocycles. The monoisotopic (exact) mass is 1430 g/mol. The molecule has 109 heavy (non-hydrogen) atoms. The lowest BCUT2D eigenvalue weighted by Gasteiger charge is -2.45. The quantitative estimate of drug-likeness (QED) is 0.111. The summed E-state index contributed by atoms with van der Waals surface area (Å²) in [4.78, 5) is 5.15. The minimum Gasteiger partial charge on any atom is -0.310 e. The van der Waals surface area contributed by atoms with Crippen molar-refractivity contribution in [1.29, 1.82) is 0 Å². The van der Waals surface area contributed by atoms with Crippen molar-refractivity contribution in [3.8, 4) is 61.3 Å². The highest BCUT2D eigenvalue weighted by Gasteiger charge is 2.48. The van der Waals surface area contributed by atoms with E-state index in [1.165, 1.54) is 33.2 Å². The number of anilines is 6. The topological polar surface area (TPSA) is 11.4 Å². The first kappa shape index (κ1) is 63.8. The van der Waals surface area contributed by atoms with E-state index >= 15 is 0 Å². The molecule has 0 unspecified atom stereocenters. The molecule has 15 aromatic carbocycles. The molecule has 0 spiro atoms. The summed E-state index contributed by atoms with van der Waals surface area (Å²) in [5.74, 6) is 0. The summed E-state index contributed by atoms with van der Waals surface area (Å²) >= 11 is 1.82. The van der Waals surface area contributed by atoms with Crippen LogP contribution in [-0.2, 0) is 27.1 Å². The summed E-state index contributed by atoms with van der Waals surface area (Å²) in [6.45, 7) is 29.9. The van der Waals surface area contributed by atoms with Crippen LogP contribution in [0.25, 0.3) is 126 Å². The molecule has 530 valence electrons. The Morgan fingerprint density at radius 3 is 1.45 bits per heavy atom. The first-order valence-electron chi connectivity index (χ1n) is 40.5. The van der Waals surface area contributed by atoms with Crippen LogP contribution in [0.1, 0.15) is 135 Å². The second kappa shape index (κ2) is 24.1. The van der Waals surface area contributed by atoms with E-state index in [0.717, 1.165) is 166 Å². The molecule has 2 aliphatic heterocycles. The molecule has 0 radical (unpaired) electrons. The molecule has 5 heteroatoms. The van der Waals surface area contributed by atoms with Crippen LogP contribution in [0.5, 0.6) is 0 Å². The van der Waals surface area contributed by atoms with Gasteiger partial charge in [-0.2, -0.15) is 0 Å². The molecule has 17 aromatic rings. The molecule has 0 saturated heterocycles. The van der Waals surface area contributed by atoms with E-state index in [-0.39, 0.29) is 45.2 Å². The summed E-state index contributed by atoms with van der Waals surface area (Å²) in [5, 5.41) is 10.0. The second-order valence-corrected chi connectivity index (χ2v) is 36.7. The predicted octanol–water partition coefficient (Wildman–Crippen LogP) is 27.6. The predicted molar refractivity (Wildman–Crippen MR) is 472 cm³/mol. The number of rotatable bonds is 8. The van der Waals surface area contributed by atoms with Crippen molar-refractivity contribution in [2.24, 2.45) is 0 Å². The van der Waals surface area contributed by atoms with Crippen LogP contribution < -0.4 is 25.5 Å². The maximum atomic E-state index is 12.2. The molecule has 20 rings (SSSR count). The molecule has 1 aliphatic carbocycles. The van der Waals surface area contributed by atoms with Crippen LogP contribution in [-0.4, -0.2) is 11.3 Å². The Hall–Kier alpha value is -11.2. The van der Waals surface area contributed by atoms with Crippen LogP contribution in [0.3, 0.4) is 0 Å². The minimum atomic E-state index is -0.663. The molecular formula is C104H90BN3S. The highest BCUT2D eigenvalue weighted by atomic mass is 32.1.